The van der Waals surface area contributed by atoms with Crippen LogP contribution in [0.15, 0.2) is 53.6 Å². The molecule has 1 saturated heterocycles. The van der Waals surface area contributed by atoms with Crippen LogP contribution in [0.4, 0.5) is 5.69 Å². The number of nitrogens with zero attached hydrogens (tertiary/aromatic N) is 3. The van der Waals surface area contributed by atoms with Crippen molar-refractivity contribution in [1.29, 1.82) is 0 Å². The van der Waals surface area contributed by atoms with Gasteiger partial charge < -0.3 is 19.5 Å². The van der Waals surface area contributed by atoms with Gasteiger partial charge in [0.25, 0.3) is 10.0 Å². The molecule has 0 aliphatic carbocycles. The summed E-state index contributed by atoms with van der Waals surface area (Å²) in [6, 6.07) is 12.3. The Balaban J connectivity index is 1.36. The van der Waals surface area contributed by atoms with Crippen molar-refractivity contribution in [3.05, 3.63) is 54.2 Å². The number of fused-ring (bicyclic) bond motifs is 1. The second-order valence-electron chi connectivity index (χ2n) is 7.85. The number of rotatable bonds is 7. The Kier molecular flexibility index (Phi) is 6.48. The lowest BCUT2D eigenvalue weighted by molar-refractivity contribution is 0.249. The van der Waals surface area contributed by atoms with Gasteiger partial charge in [-0.15, -0.1) is 0 Å². The molecule has 9 heteroatoms. The molecule has 172 valence electrons. The Morgan fingerprint density at radius 1 is 0.938 bits per heavy atom. The minimum Gasteiger partial charge on any atom is -0.508 e. The SMILES string of the molecule is COC1=CN(CCCN2CCN(c3ccc(O)cc3)CC2)S(=O)(=O)c2cccc(OC)c21. The monoisotopic (exact) mass is 459 g/mol. The van der Waals surface area contributed by atoms with Crippen molar-refractivity contribution in [2.45, 2.75) is 11.3 Å². The number of piperazine rings is 1. The van der Waals surface area contributed by atoms with E-state index in [1.54, 1.807) is 36.5 Å². The fourth-order valence-electron chi connectivity index (χ4n) is 4.21. The molecule has 2 aliphatic rings. The fraction of sp³-hybridized carbons (Fsp3) is 0.391. The number of hydrogen-bond donors (Lipinski definition) is 1. The van der Waals surface area contributed by atoms with Gasteiger partial charge in [0.1, 0.15) is 22.2 Å². The van der Waals surface area contributed by atoms with E-state index in [-0.39, 0.29) is 10.6 Å². The van der Waals surface area contributed by atoms with Crippen LogP contribution in [0.25, 0.3) is 5.76 Å². The number of benzene rings is 2. The molecule has 0 saturated carbocycles. The Morgan fingerprint density at radius 3 is 2.31 bits per heavy atom. The summed E-state index contributed by atoms with van der Waals surface area (Å²) >= 11 is 0. The minimum absolute atomic E-state index is 0.207. The van der Waals surface area contributed by atoms with Crippen LogP contribution in [0.3, 0.4) is 0 Å². The van der Waals surface area contributed by atoms with E-state index in [1.807, 2.05) is 12.1 Å². The Morgan fingerprint density at radius 2 is 1.66 bits per heavy atom. The van der Waals surface area contributed by atoms with Gasteiger partial charge >= 0.3 is 0 Å². The summed E-state index contributed by atoms with van der Waals surface area (Å²) in [6.45, 7) is 4.81. The Hall–Kier alpha value is -2.91. The van der Waals surface area contributed by atoms with Crippen molar-refractivity contribution < 1.29 is 23.0 Å². The van der Waals surface area contributed by atoms with Crippen molar-refractivity contribution in [3.63, 3.8) is 0 Å². The minimum atomic E-state index is -3.66. The predicted molar refractivity (Wildman–Crippen MR) is 123 cm³/mol. The first-order chi connectivity index (χ1) is 15.4. The largest absolute Gasteiger partial charge is 0.508 e. The lowest BCUT2D eigenvalue weighted by atomic mass is 10.1. The van der Waals surface area contributed by atoms with E-state index >= 15 is 0 Å². The highest BCUT2D eigenvalue weighted by Gasteiger charge is 2.34. The molecule has 0 spiro atoms. The van der Waals surface area contributed by atoms with Crippen LogP contribution in [-0.2, 0) is 14.8 Å². The molecule has 0 radical (unpaired) electrons. The third kappa shape index (κ3) is 4.35. The molecule has 32 heavy (non-hydrogen) atoms. The molecule has 0 bridgehead atoms. The lowest BCUT2D eigenvalue weighted by Gasteiger charge is -2.36. The first kappa shape index (κ1) is 22.3. The summed E-state index contributed by atoms with van der Waals surface area (Å²) in [6.07, 6.45) is 2.27. The van der Waals surface area contributed by atoms with Gasteiger partial charge in [0.2, 0.25) is 0 Å². The van der Waals surface area contributed by atoms with Crippen LogP contribution in [0.2, 0.25) is 0 Å². The summed E-state index contributed by atoms with van der Waals surface area (Å²) in [5, 5.41) is 9.46. The standard InChI is InChI=1S/C23H29N3O5S/c1-30-20-5-3-6-22-23(20)21(31-2)17-26(32(22,28)29)12-4-11-24-13-15-25(16-14-24)18-7-9-19(27)10-8-18/h3,5-10,17,27H,4,11-16H2,1-2H3. The molecule has 0 unspecified atom stereocenters. The van der Waals surface area contributed by atoms with E-state index in [0.717, 1.165) is 38.4 Å². The second-order valence-corrected chi connectivity index (χ2v) is 9.70. The average Bonchev–Trinajstić information content (AvgIpc) is 2.81. The highest BCUT2D eigenvalue weighted by Crippen LogP contribution is 2.38. The van der Waals surface area contributed by atoms with E-state index in [4.69, 9.17) is 9.47 Å². The molecule has 4 rings (SSSR count). The Labute approximate surface area is 189 Å². The molecule has 2 aliphatic heterocycles. The van der Waals surface area contributed by atoms with Crippen molar-refractivity contribution in [3.8, 4) is 11.5 Å². The smallest absolute Gasteiger partial charge is 0.264 e. The molecule has 2 aromatic carbocycles. The first-order valence-corrected chi connectivity index (χ1v) is 12.1. The summed E-state index contributed by atoms with van der Waals surface area (Å²) in [7, 11) is -0.609. The van der Waals surface area contributed by atoms with E-state index in [1.165, 1.54) is 18.5 Å². The number of phenols is 1. The van der Waals surface area contributed by atoms with Crippen molar-refractivity contribution in [2.24, 2.45) is 0 Å². The van der Waals surface area contributed by atoms with E-state index < -0.39 is 10.0 Å². The lowest BCUT2D eigenvalue weighted by Crippen LogP contribution is -2.47. The maximum atomic E-state index is 13.2. The zero-order chi connectivity index (χ0) is 22.7. The number of methoxy groups -OCH3 is 2. The number of anilines is 1. The fourth-order valence-corrected chi connectivity index (χ4v) is 5.78. The van der Waals surface area contributed by atoms with Gasteiger partial charge in [-0.25, -0.2) is 8.42 Å². The van der Waals surface area contributed by atoms with E-state index in [0.29, 0.717) is 30.0 Å². The van der Waals surface area contributed by atoms with E-state index in [2.05, 4.69) is 9.80 Å². The summed E-state index contributed by atoms with van der Waals surface area (Å²) in [5.74, 6) is 1.23. The molecule has 0 atom stereocenters. The summed E-state index contributed by atoms with van der Waals surface area (Å²) in [5.41, 5.74) is 1.58. The first-order valence-electron chi connectivity index (χ1n) is 10.7. The van der Waals surface area contributed by atoms with Crippen LogP contribution >= 0.6 is 0 Å². The van der Waals surface area contributed by atoms with Gasteiger partial charge in [0, 0.05) is 45.0 Å². The highest BCUT2D eigenvalue weighted by molar-refractivity contribution is 7.89. The van der Waals surface area contributed by atoms with Gasteiger partial charge in [0.05, 0.1) is 26.0 Å². The third-order valence-electron chi connectivity index (χ3n) is 5.96. The number of aromatic hydroxyl groups is 1. The van der Waals surface area contributed by atoms with Crippen LogP contribution in [0.5, 0.6) is 11.5 Å². The van der Waals surface area contributed by atoms with Crippen LogP contribution in [-0.4, -0.2) is 76.2 Å². The number of sulfonamides is 1. The highest BCUT2D eigenvalue weighted by atomic mass is 32.2. The van der Waals surface area contributed by atoms with Gasteiger partial charge in [-0.2, -0.15) is 0 Å². The molecular weight excluding hydrogens is 430 g/mol. The number of phenolic OH excluding ortho intramolecular Hbond substituents is 1. The van der Waals surface area contributed by atoms with Crippen LogP contribution < -0.4 is 9.64 Å². The normalized spacial score (nSPS) is 18.1. The molecule has 2 heterocycles. The molecule has 2 aromatic rings. The predicted octanol–water partition coefficient (Wildman–Crippen LogP) is 2.56. The van der Waals surface area contributed by atoms with Gasteiger partial charge in [-0.05, 0) is 42.8 Å². The quantitative estimate of drug-likeness (QED) is 0.681. The van der Waals surface area contributed by atoms with Crippen LogP contribution in [0.1, 0.15) is 12.0 Å². The third-order valence-corrected chi connectivity index (χ3v) is 7.76. The van der Waals surface area contributed by atoms with Gasteiger partial charge in [-0.3, -0.25) is 9.21 Å². The maximum absolute atomic E-state index is 13.2. The number of hydrogen-bond acceptors (Lipinski definition) is 7. The molecule has 0 aromatic heterocycles. The summed E-state index contributed by atoms with van der Waals surface area (Å²) < 4.78 is 38.6. The molecule has 1 N–H and O–H groups in total. The van der Waals surface area contributed by atoms with Gasteiger partial charge in [-0.1, -0.05) is 6.07 Å². The van der Waals surface area contributed by atoms with Crippen molar-refractivity contribution in [1.82, 2.24) is 9.21 Å². The summed E-state index contributed by atoms with van der Waals surface area (Å²) in [4.78, 5) is 4.85. The van der Waals surface area contributed by atoms with E-state index in [9.17, 15) is 13.5 Å². The maximum Gasteiger partial charge on any atom is 0.264 e. The van der Waals surface area contributed by atoms with Crippen molar-refractivity contribution in [2.75, 3.05) is 58.4 Å². The Bertz CT molecular complexity index is 1080. The average molecular weight is 460 g/mol. The number of ether oxygens (including phenoxy) is 2. The molecule has 8 nitrogen and oxygen atoms in total. The molecule has 0 amide bonds. The molecular formula is C23H29N3O5S. The zero-order valence-corrected chi connectivity index (χ0v) is 19.2. The topological polar surface area (TPSA) is 82.6 Å². The molecule has 1 fully saturated rings. The van der Waals surface area contributed by atoms with Gasteiger partial charge in [0.15, 0.2) is 0 Å². The zero-order valence-electron chi connectivity index (χ0n) is 18.4. The second kappa shape index (κ2) is 9.30. The van der Waals surface area contributed by atoms with Crippen molar-refractivity contribution >= 4 is 21.5 Å². The van der Waals surface area contributed by atoms with Crippen LogP contribution in [0, 0.1) is 0 Å².